The molecule has 3 rings (SSSR count). The van der Waals surface area contributed by atoms with Crippen LogP contribution in [0.4, 0.5) is 8.78 Å². The summed E-state index contributed by atoms with van der Waals surface area (Å²) >= 11 is 0. The summed E-state index contributed by atoms with van der Waals surface area (Å²) in [4.78, 5) is 2.44. The number of hydrogen-bond donors (Lipinski definition) is 1. The maximum absolute atomic E-state index is 13.3. The molecule has 1 fully saturated rings. The fourth-order valence-electron chi connectivity index (χ4n) is 3.36. The molecule has 1 heterocycles. The summed E-state index contributed by atoms with van der Waals surface area (Å²) in [6.07, 6.45) is 1.03. The standard InChI is InChI=1S/C19H22F2N2/c1-2-18-13-22-11-12-23(18)19(14-3-7-16(20)8-4-14)15-5-9-17(21)10-6-15/h3-10,18-19,22H,2,11-13H2,1H3. The van der Waals surface area contributed by atoms with Crippen molar-refractivity contribution in [3.63, 3.8) is 0 Å². The fraction of sp³-hybridized carbons (Fsp3) is 0.368. The van der Waals surface area contributed by atoms with Crippen LogP contribution >= 0.6 is 0 Å². The molecule has 2 nitrogen and oxygen atoms in total. The summed E-state index contributed by atoms with van der Waals surface area (Å²) in [5, 5.41) is 3.43. The Kier molecular flexibility index (Phi) is 5.03. The van der Waals surface area contributed by atoms with Crippen molar-refractivity contribution in [2.75, 3.05) is 19.6 Å². The van der Waals surface area contributed by atoms with Gasteiger partial charge in [-0.1, -0.05) is 31.2 Å². The molecule has 0 radical (unpaired) electrons. The topological polar surface area (TPSA) is 15.3 Å². The van der Waals surface area contributed by atoms with Crippen LogP contribution in [0.3, 0.4) is 0 Å². The van der Waals surface area contributed by atoms with Crippen molar-refractivity contribution in [2.45, 2.75) is 25.4 Å². The van der Waals surface area contributed by atoms with E-state index in [-0.39, 0.29) is 17.7 Å². The van der Waals surface area contributed by atoms with E-state index in [0.717, 1.165) is 37.2 Å². The lowest BCUT2D eigenvalue weighted by Crippen LogP contribution is -2.52. The molecule has 1 N–H and O–H groups in total. The van der Waals surface area contributed by atoms with Gasteiger partial charge in [0.05, 0.1) is 6.04 Å². The molecular weight excluding hydrogens is 294 g/mol. The van der Waals surface area contributed by atoms with Crippen LogP contribution in [-0.4, -0.2) is 30.6 Å². The second-order valence-electron chi connectivity index (χ2n) is 6.01. The largest absolute Gasteiger partial charge is 0.314 e. The first kappa shape index (κ1) is 16.1. The third-order valence-corrected chi connectivity index (χ3v) is 4.57. The number of benzene rings is 2. The van der Waals surface area contributed by atoms with Crippen LogP contribution in [0.2, 0.25) is 0 Å². The second kappa shape index (κ2) is 7.20. The average Bonchev–Trinajstić information content (AvgIpc) is 2.59. The monoisotopic (exact) mass is 316 g/mol. The van der Waals surface area contributed by atoms with Crippen LogP contribution in [0.25, 0.3) is 0 Å². The van der Waals surface area contributed by atoms with E-state index < -0.39 is 0 Å². The van der Waals surface area contributed by atoms with Gasteiger partial charge < -0.3 is 5.32 Å². The van der Waals surface area contributed by atoms with Crippen molar-refractivity contribution < 1.29 is 8.78 Å². The molecule has 1 aliphatic heterocycles. The van der Waals surface area contributed by atoms with Gasteiger partial charge in [-0.3, -0.25) is 4.90 Å². The Balaban J connectivity index is 2.01. The Bertz CT molecular complexity index is 579. The summed E-state index contributed by atoms with van der Waals surface area (Å²) in [6, 6.07) is 13.7. The third kappa shape index (κ3) is 3.59. The molecule has 1 saturated heterocycles. The molecule has 0 saturated carbocycles. The number of hydrogen-bond acceptors (Lipinski definition) is 2. The molecule has 0 aromatic heterocycles. The highest BCUT2D eigenvalue weighted by molar-refractivity contribution is 5.32. The highest BCUT2D eigenvalue weighted by atomic mass is 19.1. The average molecular weight is 316 g/mol. The van der Waals surface area contributed by atoms with Gasteiger partial charge in [0.1, 0.15) is 11.6 Å². The SMILES string of the molecule is CCC1CNCCN1C(c1ccc(F)cc1)c1ccc(F)cc1. The van der Waals surface area contributed by atoms with Crippen molar-refractivity contribution in [3.05, 3.63) is 71.3 Å². The van der Waals surface area contributed by atoms with Crippen LogP contribution in [0.1, 0.15) is 30.5 Å². The number of rotatable bonds is 4. The first-order chi connectivity index (χ1) is 11.2. The molecular formula is C19H22F2N2. The summed E-state index contributed by atoms with van der Waals surface area (Å²) in [5.74, 6) is -0.474. The Morgan fingerprint density at radius 3 is 2.00 bits per heavy atom. The van der Waals surface area contributed by atoms with Crippen LogP contribution in [-0.2, 0) is 0 Å². The third-order valence-electron chi connectivity index (χ3n) is 4.57. The van der Waals surface area contributed by atoms with Crippen molar-refractivity contribution >= 4 is 0 Å². The lowest BCUT2D eigenvalue weighted by Gasteiger charge is -2.41. The van der Waals surface area contributed by atoms with E-state index in [4.69, 9.17) is 0 Å². The van der Waals surface area contributed by atoms with Gasteiger partial charge in [-0.15, -0.1) is 0 Å². The second-order valence-corrected chi connectivity index (χ2v) is 6.01. The van der Waals surface area contributed by atoms with E-state index in [0.29, 0.717) is 6.04 Å². The minimum Gasteiger partial charge on any atom is -0.314 e. The number of halogens is 2. The van der Waals surface area contributed by atoms with Crippen LogP contribution in [0, 0.1) is 11.6 Å². The summed E-state index contributed by atoms with van der Waals surface area (Å²) in [6.45, 7) is 4.96. The van der Waals surface area contributed by atoms with Gasteiger partial charge in [0.25, 0.3) is 0 Å². The molecule has 1 aliphatic rings. The first-order valence-electron chi connectivity index (χ1n) is 8.16. The van der Waals surface area contributed by atoms with Crippen molar-refractivity contribution in [1.82, 2.24) is 10.2 Å². The van der Waals surface area contributed by atoms with Gasteiger partial charge in [0, 0.05) is 25.7 Å². The molecule has 0 aliphatic carbocycles. The van der Waals surface area contributed by atoms with Crippen LogP contribution in [0.5, 0.6) is 0 Å². The van der Waals surface area contributed by atoms with Gasteiger partial charge in [-0.05, 0) is 41.8 Å². The van der Waals surface area contributed by atoms with Crippen molar-refractivity contribution in [2.24, 2.45) is 0 Å². The lowest BCUT2D eigenvalue weighted by molar-refractivity contribution is 0.122. The zero-order valence-electron chi connectivity index (χ0n) is 13.3. The Morgan fingerprint density at radius 2 is 1.52 bits per heavy atom. The maximum Gasteiger partial charge on any atom is 0.123 e. The van der Waals surface area contributed by atoms with Crippen LogP contribution < -0.4 is 5.32 Å². The summed E-state index contributed by atoms with van der Waals surface area (Å²) in [5.41, 5.74) is 2.08. The quantitative estimate of drug-likeness (QED) is 0.924. The van der Waals surface area contributed by atoms with E-state index in [9.17, 15) is 8.78 Å². The Labute approximate surface area is 136 Å². The van der Waals surface area contributed by atoms with Gasteiger partial charge >= 0.3 is 0 Å². The number of nitrogens with zero attached hydrogens (tertiary/aromatic N) is 1. The van der Waals surface area contributed by atoms with E-state index >= 15 is 0 Å². The van der Waals surface area contributed by atoms with Gasteiger partial charge in [0.2, 0.25) is 0 Å². The zero-order valence-corrected chi connectivity index (χ0v) is 13.3. The van der Waals surface area contributed by atoms with Crippen molar-refractivity contribution in [1.29, 1.82) is 0 Å². The molecule has 1 atom stereocenters. The molecule has 2 aromatic carbocycles. The van der Waals surface area contributed by atoms with Gasteiger partial charge in [-0.25, -0.2) is 8.78 Å². The number of nitrogens with one attached hydrogen (secondary N) is 1. The Hall–Kier alpha value is -1.78. The molecule has 122 valence electrons. The zero-order chi connectivity index (χ0) is 16.2. The normalized spacial score (nSPS) is 19.2. The van der Waals surface area contributed by atoms with E-state index in [2.05, 4.69) is 17.1 Å². The summed E-state index contributed by atoms with van der Waals surface area (Å²) < 4.78 is 26.6. The van der Waals surface area contributed by atoms with E-state index in [1.807, 2.05) is 24.3 Å². The number of piperazine rings is 1. The van der Waals surface area contributed by atoms with Crippen LogP contribution in [0.15, 0.2) is 48.5 Å². The van der Waals surface area contributed by atoms with Gasteiger partial charge in [-0.2, -0.15) is 0 Å². The minimum absolute atomic E-state index is 0.0169. The molecule has 2 aromatic rings. The highest BCUT2D eigenvalue weighted by Crippen LogP contribution is 2.32. The van der Waals surface area contributed by atoms with E-state index in [1.165, 1.54) is 24.3 Å². The predicted molar refractivity (Wildman–Crippen MR) is 88.3 cm³/mol. The fourth-order valence-corrected chi connectivity index (χ4v) is 3.36. The maximum atomic E-state index is 13.3. The molecule has 4 heteroatoms. The first-order valence-corrected chi connectivity index (χ1v) is 8.16. The lowest BCUT2D eigenvalue weighted by atomic mass is 9.94. The summed E-state index contributed by atoms with van der Waals surface area (Å²) in [7, 11) is 0. The molecule has 0 amide bonds. The van der Waals surface area contributed by atoms with Crippen molar-refractivity contribution in [3.8, 4) is 0 Å². The minimum atomic E-state index is -0.237. The smallest absolute Gasteiger partial charge is 0.123 e. The Morgan fingerprint density at radius 1 is 1.00 bits per heavy atom. The molecule has 23 heavy (non-hydrogen) atoms. The predicted octanol–water partition coefficient (Wildman–Crippen LogP) is 3.74. The molecule has 1 unspecified atom stereocenters. The highest BCUT2D eigenvalue weighted by Gasteiger charge is 2.29. The molecule has 0 bridgehead atoms. The van der Waals surface area contributed by atoms with Gasteiger partial charge in [0.15, 0.2) is 0 Å². The van der Waals surface area contributed by atoms with E-state index in [1.54, 1.807) is 0 Å². The molecule has 0 spiro atoms.